The van der Waals surface area contributed by atoms with E-state index in [-0.39, 0.29) is 0 Å². The van der Waals surface area contributed by atoms with Gasteiger partial charge in [-0.15, -0.1) is 0 Å². The van der Waals surface area contributed by atoms with Gasteiger partial charge in [0, 0.05) is 5.69 Å². The average Bonchev–Trinajstić information content (AvgIpc) is 2.80. The first kappa shape index (κ1) is 14.9. The lowest BCUT2D eigenvalue weighted by Crippen LogP contribution is -2.41. The highest BCUT2D eigenvalue weighted by Gasteiger charge is 2.27. The van der Waals surface area contributed by atoms with Gasteiger partial charge in [0.15, 0.2) is 5.96 Å². The largest absolute Gasteiger partial charge is 0.370 e. The Morgan fingerprint density at radius 3 is 2.70 bits per heavy atom. The van der Waals surface area contributed by atoms with Crippen molar-refractivity contribution >= 4 is 11.6 Å². The minimum absolute atomic E-state index is 0.442. The van der Waals surface area contributed by atoms with Crippen LogP contribution in [-0.4, -0.2) is 18.5 Å². The Kier molecular flexibility index (Phi) is 5.45. The van der Waals surface area contributed by atoms with Crippen molar-refractivity contribution in [3.05, 3.63) is 29.8 Å². The van der Waals surface area contributed by atoms with Gasteiger partial charge in [-0.2, -0.15) is 0 Å². The van der Waals surface area contributed by atoms with Crippen LogP contribution in [0.5, 0.6) is 0 Å². The van der Waals surface area contributed by atoms with Gasteiger partial charge in [-0.05, 0) is 25.0 Å². The molecule has 1 aromatic carbocycles. The van der Waals surface area contributed by atoms with E-state index in [0.717, 1.165) is 6.54 Å². The summed E-state index contributed by atoms with van der Waals surface area (Å²) in [5, 5.41) is 0. The number of para-hydroxylation sites is 1. The van der Waals surface area contributed by atoms with Gasteiger partial charge in [0.05, 0.1) is 12.6 Å². The third-order valence-electron chi connectivity index (χ3n) is 4.09. The predicted octanol–water partition coefficient (Wildman–Crippen LogP) is 3.86. The molecule has 0 aromatic heterocycles. The van der Waals surface area contributed by atoms with Gasteiger partial charge in [0.2, 0.25) is 0 Å². The fourth-order valence-corrected chi connectivity index (χ4v) is 2.90. The Hall–Kier alpha value is -1.51. The normalized spacial score (nSPS) is 18.4. The zero-order valence-electron chi connectivity index (χ0n) is 12.8. The molecule has 1 unspecified atom stereocenters. The van der Waals surface area contributed by atoms with Gasteiger partial charge in [0.25, 0.3) is 0 Å². The van der Waals surface area contributed by atoms with E-state index < -0.39 is 0 Å². The molecule has 1 heterocycles. The number of guanidine groups is 1. The van der Waals surface area contributed by atoms with Crippen molar-refractivity contribution < 1.29 is 0 Å². The summed E-state index contributed by atoms with van der Waals surface area (Å²) < 4.78 is 0. The molecule has 0 fully saturated rings. The van der Waals surface area contributed by atoms with Gasteiger partial charge in [-0.3, -0.25) is 4.99 Å². The van der Waals surface area contributed by atoms with Crippen LogP contribution >= 0.6 is 0 Å². The van der Waals surface area contributed by atoms with Crippen molar-refractivity contribution in [3.63, 3.8) is 0 Å². The number of hydrogen-bond donors (Lipinski definition) is 1. The van der Waals surface area contributed by atoms with E-state index >= 15 is 0 Å². The van der Waals surface area contributed by atoms with Gasteiger partial charge in [-0.25, -0.2) is 0 Å². The molecule has 2 rings (SSSR count). The van der Waals surface area contributed by atoms with Crippen LogP contribution < -0.4 is 10.6 Å². The lowest BCUT2D eigenvalue weighted by molar-refractivity contribution is 0.555. The van der Waals surface area contributed by atoms with Crippen LogP contribution in [-0.2, 0) is 0 Å². The number of anilines is 1. The lowest BCUT2D eigenvalue weighted by Gasteiger charge is -2.27. The van der Waals surface area contributed by atoms with Crippen molar-refractivity contribution in [3.8, 4) is 0 Å². The predicted molar refractivity (Wildman–Crippen MR) is 87.3 cm³/mol. The highest BCUT2D eigenvalue weighted by atomic mass is 15.3. The second kappa shape index (κ2) is 7.32. The Labute approximate surface area is 122 Å². The number of unbranched alkanes of at least 4 members (excludes halogenated alkanes) is 4. The molecule has 20 heavy (non-hydrogen) atoms. The summed E-state index contributed by atoms with van der Waals surface area (Å²) in [5.74, 6) is 0.679. The summed E-state index contributed by atoms with van der Waals surface area (Å²) in [7, 11) is 0. The first-order chi connectivity index (χ1) is 9.74. The van der Waals surface area contributed by atoms with E-state index in [4.69, 9.17) is 5.73 Å². The van der Waals surface area contributed by atoms with Crippen LogP contribution in [0.1, 0.15) is 51.0 Å². The van der Waals surface area contributed by atoms with Crippen molar-refractivity contribution in [2.75, 3.05) is 11.4 Å². The summed E-state index contributed by atoms with van der Waals surface area (Å²) in [5.41, 5.74) is 8.58. The van der Waals surface area contributed by atoms with Crippen LogP contribution in [0.2, 0.25) is 0 Å². The maximum atomic E-state index is 6.10. The summed E-state index contributed by atoms with van der Waals surface area (Å²) in [4.78, 5) is 6.68. The topological polar surface area (TPSA) is 41.6 Å². The molecule has 1 aliphatic rings. The Balaban J connectivity index is 1.95. The van der Waals surface area contributed by atoms with E-state index in [9.17, 15) is 0 Å². The summed E-state index contributed by atoms with van der Waals surface area (Å²) >= 11 is 0. The molecule has 110 valence electrons. The van der Waals surface area contributed by atoms with Crippen molar-refractivity contribution in [2.24, 2.45) is 10.7 Å². The van der Waals surface area contributed by atoms with Crippen LogP contribution in [0.25, 0.3) is 0 Å². The highest BCUT2D eigenvalue weighted by Crippen LogP contribution is 2.26. The molecule has 0 amide bonds. The quantitative estimate of drug-likeness (QED) is 0.766. The maximum Gasteiger partial charge on any atom is 0.196 e. The van der Waals surface area contributed by atoms with E-state index in [2.05, 4.69) is 48.0 Å². The average molecular weight is 273 g/mol. The lowest BCUT2D eigenvalue weighted by atomic mass is 10.0. The second-order valence-electron chi connectivity index (χ2n) is 5.71. The number of aliphatic imine (C=N–C) groups is 1. The zero-order chi connectivity index (χ0) is 14.4. The third-order valence-corrected chi connectivity index (χ3v) is 4.09. The Morgan fingerprint density at radius 2 is 1.95 bits per heavy atom. The molecule has 1 aromatic rings. The number of hydrogen-bond acceptors (Lipinski definition) is 3. The van der Waals surface area contributed by atoms with Crippen molar-refractivity contribution in [1.82, 2.24) is 0 Å². The third kappa shape index (κ3) is 3.53. The van der Waals surface area contributed by atoms with Crippen LogP contribution in [0, 0.1) is 6.92 Å². The van der Waals surface area contributed by atoms with Gasteiger partial charge in [-0.1, -0.05) is 57.2 Å². The molecule has 0 spiro atoms. The van der Waals surface area contributed by atoms with E-state index in [0.29, 0.717) is 12.0 Å². The van der Waals surface area contributed by atoms with Gasteiger partial charge < -0.3 is 10.6 Å². The van der Waals surface area contributed by atoms with E-state index in [1.54, 1.807) is 0 Å². The van der Waals surface area contributed by atoms with Crippen molar-refractivity contribution in [2.45, 2.75) is 58.4 Å². The number of aryl methyl sites for hydroxylation is 1. The zero-order valence-corrected chi connectivity index (χ0v) is 12.8. The first-order valence-corrected chi connectivity index (χ1v) is 7.88. The summed E-state index contributed by atoms with van der Waals surface area (Å²) in [6.07, 6.45) is 7.79. The molecule has 3 heteroatoms. The molecule has 0 saturated carbocycles. The van der Waals surface area contributed by atoms with Crippen LogP contribution in [0.4, 0.5) is 5.69 Å². The van der Waals surface area contributed by atoms with Gasteiger partial charge >= 0.3 is 0 Å². The number of nitrogens with zero attached hydrogens (tertiary/aromatic N) is 2. The first-order valence-electron chi connectivity index (χ1n) is 7.88. The van der Waals surface area contributed by atoms with E-state index in [1.165, 1.54) is 49.8 Å². The minimum Gasteiger partial charge on any atom is -0.370 e. The van der Waals surface area contributed by atoms with Crippen LogP contribution in [0.15, 0.2) is 29.3 Å². The standard InChI is InChI=1S/C17H27N3/c1-3-4-5-6-7-11-15-13-19-17(18)20(15)16-12-9-8-10-14(16)2/h8-10,12,15H,3-7,11,13H2,1-2H3,(H2,18,19). The number of rotatable bonds is 7. The summed E-state index contributed by atoms with van der Waals surface area (Å²) in [6.45, 7) is 5.23. The fourth-order valence-electron chi connectivity index (χ4n) is 2.90. The molecule has 1 aliphatic heterocycles. The second-order valence-corrected chi connectivity index (χ2v) is 5.71. The smallest absolute Gasteiger partial charge is 0.196 e. The molecule has 3 nitrogen and oxygen atoms in total. The van der Waals surface area contributed by atoms with E-state index in [1.807, 2.05) is 0 Å². The Morgan fingerprint density at radius 1 is 1.20 bits per heavy atom. The SMILES string of the molecule is CCCCCCCC1CN=C(N)N1c1ccccc1C. The molecule has 0 bridgehead atoms. The molecule has 0 radical (unpaired) electrons. The molecule has 0 saturated heterocycles. The molecular weight excluding hydrogens is 246 g/mol. The number of nitrogens with two attached hydrogens (primary N) is 1. The minimum atomic E-state index is 0.442. The molecule has 2 N–H and O–H groups in total. The monoisotopic (exact) mass is 273 g/mol. The molecule has 0 aliphatic carbocycles. The molecule has 1 atom stereocenters. The van der Waals surface area contributed by atoms with Crippen LogP contribution in [0.3, 0.4) is 0 Å². The van der Waals surface area contributed by atoms with Gasteiger partial charge in [0.1, 0.15) is 0 Å². The fraction of sp³-hybridized carbons (Fsp3) is 0.588. The Bertz CT molecular complexity index is 453. The highest BCUT2D eigenvalue weighted by molar-refractivity contribution is 5.97. The maximum absolute atomic E-state index is 6.10. The number of benzene rings is 1. The summed E-state index contributed by atoms with van der Waals surface area (Å²) in [6, 6.07) is 8.87. The van der Waals surface area contributed by atoms with Crippen molar-refractivity contribution in [1.29, 1.82) is 0 Å². The molecular formula is C17H27N3.